The first kappa shape index (κ1) is 86.9. The summed E-state index contributed by atoms with van der Waals surface area (Å²) in [4.78, 5) is 93.8. The van der Waals surface area contributed by atoms with Gasteiger partial charge in [0.1, 0.15) is 63.5 Å². The van der Waals surface area contributed by atoms with E-state index in [0.717, 1.165) is 91.8 Å². The van der Waals surface area contributed by atoms with E-state index in [2.05, 4.69) is 139 Å². The second kappa shape index (κ2) is 38.1. The molecule has 15 aromatic rings. The molecule has 4 unspecified atom stereocenters. The number of carbonyl (C=O) groups excluding carboxylic acids is 2. The van der Waals surface area contributed by atoms with Gasteiger partial charge in [-0.1, -0.05) is 208 Å². The number of allylic oxidation sites excluding steroid dienone is 2. The molecule has 19 rings (SSSR count). The Kier molecular flexibility index (Phi) is 26.0. The van der Waals surface area contributed by atoms with Crippen LogP contribution in [-0.4, -0.2) is 197 Å². The van der Waals surface area contributed by atoms with Gasteiger partial charge in [0, 0.05) is 132 Å². The van der Waals surface area contributed by atoms with Crippen LogP contribution in [-0.2, 0) is 15.2 Å². The van der Waals surface area contributed by atoms with E-state index in [-0.39, 0.29) is 46.1 Å². The summed E-state index contributed by atoms with van der Waals surface area (Å²) in [6.07, 6.45) is 10.9. The van der Waals surface area contributed by atoms with Crippen molar-refractivity contribution < 1.29 is 24.5 Å². The number of aliphatic hydroxyl groups is 2. The second-order valence-corrected chi connectivity index (χ2v) is 33.7. The summed E-state index contributed by atoms with van der Waals surface area (Å²) in [5.41, 5.74) is 8.52. The van der Waals surface area contributed by atoms with Crippen LogP contribution in [0.25, 0.3) is 43.6 Å². The monoisotopic (exact) mass is 1780 g/mol. The number of aromatic amines is 8. The number of fused-ring (bicyclic) bond motifs is 4. The Morgan fingerprint density at radius 3 is 0.992 bits per heavy atom. The minimum absolute atomic E-state index is 0.0934. The van der Waals surface area contributed by atoms with Gasteiger partial charge in [0.25, 0.3) is 22.2 Å². The van der Waals surface area contributed by atoms with Gasteiger partial charge in [-0.05, 0) is 128 Å². The number of nitrogens with zero attached hydrogens (tertiary/aromatic N) is 11. The van der Waals surface area contributed by atoms with Crippen LogP contribution in [0.4, 0.5) is 11.4 Å². The molecule has 9 aromatic heterocycles. The minimum atomic E-state index is -1.06. The summed E-state index contributed by atoms with van der Waals surface area (Å²) in [6, 6.07) is 68.8. The average Bonchev–Trinajstić information content (AvgIpc) is 1.67. The first-order chi connectivity index (χ1) is 61.5. The van der Waals surface area contributed by atoms with Crippen LogP contribution < -0.4 is 36.8 Å². The molecule has 10 N–H and O–H groups in total. The van der Waals surface area contributed by atoms with E-state index in [0.29, 0.717) is 120 Å². The van der Waals surface area contributed by atoms with E-state index in [9.17, 15) is 39.0 Å². The molecule has 4 saturated heterocycles. The van der Waals surface area contributed by atoms with Gasteiger partial charge in [0.05, 0.1) is 52.6 Å². The molecule has 4 aliphatic heterocycles. The first-order valence-electron chi connectivity index (χ1n) is 42.0. The number of methoxy groups -OCH3 is 1. The molecule has 0 saturated carbocycles. The highest BCUT2D eigenvalue weighted by Crippen LogP contribution is 2.38. The van der Waals surface area contributed by atoms with Crippen LogP contribution in [0, 0.1) is 18.6 Å². The van der Waals surface area contributed by atoms with Crippen molar-refractivity contribution in [3.05, 3.63) is 362 Å². The number of H-pyrrole nitrogens is 8. The number of carbonyl (C=O) groups is 2. The molecule has 0 bridgehead atoms. The largest absolute Gasteiger partial charge is 0.497 e. The molecule has 0 spiro atoms. The zero-order valence-electron chi connectivity index (χ0n) is 70.0. The first-order valence-corrected chi connectivity index (χ1v) is 43.6. The standard InChI is InChI=1S/C26H27N5O2S.C25H25N5OS.C24H23N5O3S.C20H22N4O3S/c1-18(29-14-16-30(17-15-29)20-8-10-21(33-2)11-9-20)24(19-6-4-3-5-7-19)31-13-12-22-23(26(31)34)25(32)28-27-22;1-18(28-14-16-29(17-15-28)20-10-6-3-7-11-20)23(19-8-4-2-5-9-19)30-13-12-21-22(25(30)32)24(31)27-26-21;30-21-19-17(26-27-21)9-13-29(23(19)33)20(16-6-2-1-3-7-16)22(31)28-14-10-24(32,11-15-28)18-8-4-5-12-25-18;1-20(27)8-11-23(12-9-20)18(26)16(13-5-3-2-4-6-13)24-10-7-14-15(19(24)28)17(25)22-21-14/h3-13,24H,1,14-17H2,2H3,(H2,27,28,32);2-13,23H,1,14-17H2,(H2,26,27,31);1-9,12-13,20,32H,10-11,14-15H2,(H2,26,27,30);2-7,10,16,27H,8-9,11-12H2,1H3,(H2,21,22,25). The van der Waals surface area contributed by atoms with Gasteiger partial charge in [-0.15, -0.1) is 0 Å². The second-order valence-electron chi connectivity index (χ2n) is 32.2. The maximum absolute atomic E-state index is 13.8. The van der Waals surface area contributed by atoms with Gasteiger partial charge in [-0.2, -0.15) is 0 Å². The molecular formula is C95H97N19O9S4. The van der Waals surface area contributed by atoms with Crippen LogP contribution >= 0.6 is 48.9 Å². The third-order valence-electron chi connectivity index (χ3n) is 24.4. The number of pyridine rings is 5. The van der Waals surface area contributed by atoms with Crippen molar-refractivity contribution in [2.45, 2.75) is 68.0 Å². The molecule has 127 heavy (non-hydrogen) atoms. The lowest BCUT2D eigenvalue weighted by atomic mass is 9.87. The summed E-state index contributed by atoms with van der Waals surface area (Å²) in [6.45, 7) is 19.6. The van der Waals surface area contributed by atoms with E-state index in [1.165, 1.54) is 11.4 Å². The van der Waals surface area contributed by atoms with Crippen LogP contribution in [0.1, 0.15) is 84.7 Å². The Balaban J connectivity index is 0.000000125. The van der Waals surface area contributed by atoms with Crippen LogP contribution in [0.15, 0.2) is 293 Å². The number of piperazine rings is 2. The smallest absolute Gasteiger partial charge is 0.274 e. The molecule has 28 nitrogen and oxygen atoms in total. The fourth-order valence-corrected chi connectivity index (χ4v) is 18.8. The summed E-state index contributed by atoms with van der Waals surface area (Å²) < 4.78 is 14.2. The maximum atomic E-state index is 13.8. The molecule has 6 aromatic carbocycles. The Morgan fingerprint density at radius 1 is 0.370 bits per heavy atom. The lowest BCUT2D eigenvalue weighted by Gasteiger charge is -2.40. The lowest BCUT2D eigenvalue weighted by molar-refractivity contribution is -0.138. The highest BCUT2D eigenvalue weighted by molar-refractivity contribution is 7.72. The Hall–Kier alpha value is -13.6. The number of piperidine rings is 2. The van der Waals surface area contributed by atoms with Crippen LogP contribution in [0.5, 0.6) is 5.75 Å². The minimum Gasteiger partial charge on any atom is -0.497 e. The van der Waals surface area contributed by atoms with E-state index in [1.807, 2.05) is 167 Å². The number of aromatic nitrogens is 13. The van der Waals surface area contributed by atoms with E-state index in [1.54, 1.807) is 63.7 Å². The van der Waals surface area contributed by atoms with Crippen molar-refractivity contribution >= 4 is 116 Å². The lowest BCUT2D eigenvalue weighted by Crippen LogP contribution is -2.48. The maximum Gasteiger partial charge on any atom is 0.274 e. The van der Waals surface area contributed by atoms with Crippen LogP contribution in [0.3, 0.4) is 0 Å². The van der Waals surface area contributed by atoms with E-state index < -0.39 is 23.3 Å². The summed E-state index contributed by atoms with van der Waals surface area (Å²) in [7, 11) is 1.68. The van der Waals surface area contributed by atoms with Gasteiger partial charge in [0.2, 0.25) is 11.8 Å². The van der Waals surface area contributed by atoms with Crippen molar-refractivity contribution in [1.82, 2.24) is 83.6 Å². The Morgan fingerprint density at radius 2 is 0.669 bits per heavy atom. The normalized spacial score (nSPS) is 16.0. The zero-order valence-corrected chi connectivity index (χ0v) is 73.3. The van der Waals surface area contributed by atoms with Gasteiger partial charge < -0.3 is 62.6 Å². The molecule has 4 aliphatic rings. The number of nitrogens with one attached hydrogen (secondary N) is 8. The number of amides is 2. The molecule has 13 heterocycles. The molecular weight excluding hydrogens is 1680 g/mol. The Labute approximate surface area is 749 Å². The van der Waals surface area contributed by atoms with Crippen molar-refractivity contribution in [1.29, 1.82) is 0 Å². The SMILES string of the molecule is C=C(C(c1ccccc1)n1ccc2[nH][nH]c(=O)c2c1=S)N1CCN(c2ccc(OC)cc2)CC1.C=C(C(c1ccccc1)n1ccc2[nH][nH]c(=O)c2c1=S)N1CCN(c2ccccc2)CC1.CC1(O)CCN(C(=O)C(c2ccccc2)n2ccc3[nH][nH]c(=O)c3c2=S)CC1.O=C(C(c1ccccc1)n1ccc2[nH][nH]c(=O)c2c1=S)N1CCC(O)(c2ccccn2)CC1. The highest BCUT2D eigenvalue weighted by atomic mass is 32.1. The van der Waals surface area contributed by atoms with Crippen molar-refractivity contribution in [2.24, 2.45) is 0 Å². The number of hydrogen-bond acceptors (Lipinski definition) is 18. The van der Waals surface area contributed by atoms with Crippen molar-refractivity contribution in [3.8, 4) is 5.75 Å². The van der Waals surface area contributed by atoms with Gasteiger partial charge >= 0.3 is 0 Å². The Bertz CT molecular complexity index is 6950. The molecule has 32 heteroatoms. The average molecular weight is 1780 g/mol. The van der Waals surface area contributed by atoms with Crippen LogP contribution in [0.2, 0.25) is 0 Å². The topological polar surface area (TPSA) is 330 Å². The number of benzene rings is 6. The number of hydrogen-bond donors (Lipinski definition) is 10. The quantitative estimate of drug-likeness (QED) is 0.0357. The van der Waals surface area contributed by atoms with Crippen molar-refractivity contribution in [2.75, 3.05) is 95.4 Å². The van der Waals surface area contributed by atoms with Crippen molar-refractivity contribution in [3.63, 3.8) is 0 Å². The fraction of sp³-hybridized carbons (Fsp3) is 0.253. The molecule has 0 aliphatic carbocycles. The zero-order chi connectivity index (χ0) is 88.6. The summed E-state index contributed by atoms with van der Waals surface area (Å²) in [5, 5.41) is 44.8. The fourth-order valence-electron chi connectivity index (χ4n) is 17.3. The third kappa shape index (κ3) is 18.5. The molecule has 4 atom stereocenters. The summed E-state index contributed by atoms with van der Waals surface area (Å²) >= 11 is 22.8. The van der Waals surface area contributed by atoms with E-state index >= 15 is 0 Å². The molecule has 0 radical (unpaired) electrons. The van der Waals surface area contributed by atoms with Gasteiger partial charge in [0.15, 0.2) is 0 Å². The third-order valence-corrected chi connectivity index (χ3v) is 26.1. The molecule has 2 amide bonds. The number of ether oxygens (including phenoxy) is 1. The molecule has 4 fully saturated rings. The predicted molar refractivity (Wildman–Crippen MR) is 505 cm³/mol. The number of para-hydroxylation sites is 1. The number of likely N-dealkylation sites (tertiary alicyclic amines) is 2. The molecule has 650 valence electrons. The van der Waals surface area contributed by atoms with E-state index in [4.69, 9.17) is 53.6 Å². The van der Waals surface area contributed by atoms with Gasteiger partial charge in [-0.3, -0.25) is 74.5 Å². The number of anilines is 2. The predicted octanol–water partition coefficient (Wildman–Crippen LogP) is 13.9. The summed E-state index contributed by atoms with van der Waals surface area (Å²) in [5.74, 6) is 0.632. The van der Waals surface area contributed by atoms with Gasteiger partial charge in [-0.25, -0.2) is 0 Å². The highest BCUT2D eigenvalue weighted by Gasteiger charge is 2.40. The number of rotatable bonds is 18.